The third-order valence-corrected chi connectivity index (χ3v) is 2.64. The molecule has 2 heterocycles. The summed E-state index contributed by atoms with van der Waals surface area (Å²) in [5.41, 5.74) is 3.54. The first kappa shape index (κ1) is 12.4. The zero-order valence-corrected chi connectivity index (χ0v) is 10.0. The van der Waals surface area contributed by atoms with E-state index < -0.39 is 15.9 Å². The molecule has 1 aliphatic rings. The normalized spacial score (nSPS) is 17.4. The van der Waals surface area contributed by atoms with Crippen LogP contribution in [0.3, 0.4) is 0 Å². The fraction of sp³-hybridized carbons (Fsp3) is 0.100. The summed E-state index contributed by atoms with van der Waals surface area (Å²) in [5.74, 6) is -0.0210. The molecule has 0 radical (unpaired) electrons. The van der Waals surface area contributed by atoms with Crippen LogP contribution in [0.2, 0.25) is 0 Å². The molecule has 1 N–H and O–H groups in total. The van der Waals surface area contributed by atoms with Crippen molar-refractivity contribution in [2.24, 2.45) is 0 Å². The van der Waals surface area contributed by atoms with Crippen molar-refractivity contribution in [1.82, 2.24) is 15.4 Å². The van der Waals surface area contributed by atoms with Gasteiger partial charge in [0.2, 0.25) is 0 Å². The van der Waals surface area contributed by atoms with Crippen molar-refractivity contribution in [2.45, 2.75) is 0 Å². The molecular formula is C10H10N4O3S. The Bertz CT molecular complexity index is 620. The lowest BCUT2D eigenvalue weighted by Crippen LogP contribution is -2.25. The van der Waals surface area contributed by atoms with E-state index in [1.54, 1.807) is 36.9 Å². The van der Waals surface area contributed by atoms with Gasteiger partial charge in [0.15, 0.2) is 18.2 Å². The predicted octanol–water partition coefficient (Wildman–Crippen LogP) is -0.522. The number of rotatable bonds is 3. The molecule has 8 heteroatoms. The highest BCUT2D eigenvalue weighted by Crippen LogP contribution is 2.10. The molecule has 0 saturated carbocycles. The van der Waals surface area contributed by atoms with Crippen LogP contribution in [-0.2, 0) is 10.1 Å². The fourth-order valence-electron chi connectivity index (χ4n) is 1.27. The van der Waals surface area contributed by atoms with E-state index in [0.29, 0.717) is 5.82 Å². The minimum atomic E-state index is -4.26. The Labute approximate surface area is 104 Å². The fourth-order valence-corrected chi connectivity index (χ4v) is 1.61. The Morgan fingerprint density at radius 2 is 2.11 bits per heavy atom. The summed E-state index contributed by atoms with van der Waals surface area (Å²) in [6.07, 6.45) is 9.39. The summed E-state index contributed by atoms with van der Waals surface area (Å²) in [5, 5.41) is 0. The van der Waals surface area contributed by atoms with Gasteiger partial charge in [-0.05, 0) is 6.07 Å². The topological polar surface area (TPSA) is 98.0 Å². The van der Waals surface area contributed by atoms with Gasteiger partial charge in [0.1, 0.15) is 15.9 Å². The van der Waals surface area contributed by atoms with E-state index in [2.05, 4.69) is 15.4 Å². The van der Waals surface area contributed by atoms with E-state index in [0.717, 1.165) is 5.57 Å². The number of allylic oxidation sites excluding steroid dienone is 2. The smallest absolute Gasteiger partial charge is 0.200 e. The van der Waals surface area contributed by atoms with Crippen LogP contribution < -0.4 is 5.43 Å². The molecule has 0 amide bonds. The Kier molecular flexibility index (Phi) is 3.49. The van der Waals surface area contributed by atoms with Crippen molar-refractivity contribution in [1.29, 1.82) is 0 Å². The molecule has 0 saturated heterocycles. The largest absolute Gasteiger partial charge is 0.748 e. The third-order valence-electron chi connectivity index (χ3n) is 2.08. The second-order valence-corrected chi connectivity index (χ2v) is 4.88. The molecular weight excluding hydrogens is 256 g/mol. The molecule has 0 aliphatic carbocycles. The maximum atomic E-state index is 10.5. The lowest BCUT2D eigenvalue weighted by atomic mass is 10.2. The SMILES string of the molecule is O=S(=O)([O-])CC=[N+]1C=CC(c2ncccn2)=CN1. The maximum Gasteiger partial charge on any atom is 0.200 e. The Balaban J connectivity index is 2.08. The Morgan fingerprint density at radius 1 is 1.39 bits per heavy atom. The van der Waals surface area contributed by atoms with Crippen LogP contribution >= 0.6 is 0 Å². The zero-order chi connectivity index (χ0) is 13.0. The number of aromatic nitrogens is 2. The number of hydrazone groups is 1. The van der Waals surface area contributed by atoms with Gasteiger partial charge in [-0.3, -0.25) is 0 Å². The van der Waals surface area contributed by atoms with Gasteiger partial charge in [-0.15, -0.1) is 0 Å². The van der Waals surface area contributed by atoms with Crippen molar-refractivity contribution >= 4 is 21.9 Å². The summed E-state index contributed by atoms with van der Waals surface area (Å²) in [6.45, 7) is 0. The highest BCUT2D eigenvalue weighted by atomic mass is 32.2. The van der Waals surface area contributed by atoms with Crippen LogP contribution in [0, 0.1) is 0 Å². The standard InChI is InChI=1S/C10H10N4O3S/c15-18(16,17)7-6-14-5-2-9(8-13-14)10-11-3-1-4-12-10/h1-6,8,13H,7H2. The molecule has 94 valence electrons. The first-order chi connectivity index (χ1) is 8.54. The third kappa shape index (κ3) is 3.47. The van der Waals surface area contributed by atoms with Gasteiger partial charge in [0.25, 0.3) is 0 Å². The monoisotopic (exact) mass is 266 g/mol. The number of hydrazine groups is 1. The van der Waals surface area contributed by atoms with Crippen LogP contribution in [0.5, 0.6) is 0 Å². The average Bonchev–Trinajstić information content (AvgIpc) is 2.37. The van der Waals surface area contributed by atoms with Gasteiger partial charge in [-0.2, -0.15) is 5.43 Å². The quantitative estimate of drug-likeness (QED) is 0.584. The van der Waals surface area contributed by atoms with E-state index in [1.165, 1.54) is 10.9 Å². The number of hydrogen-bond acceptors (Lipinski definition) is 6. The van der Waals surface area contributed by atoms with Crippen molar-refractivity contribution < 1.29 is 17.7 Å². The molecule has 1 aromatic heterocycles. The summed E-state index contributed by atoms with van der Waals surface area (Å²) < 4.78 is 32.8. The highest BCUT2D eigenvalue weighted by molar-refractivity contribution is 7.86. The van der Waals surface area contributed by atoms with Crippen LogP contribution in [0.4, 0.5) is 0 Å². The molecule has 18 heavy (non-hydrogen) atoms. The molecule has 7 nitrogen and oxygen atoms in total. The first-order valence-electron chi connectivity index (χ1n) is 5.02. The molecule has 0 aromatic carbocycles. The second-order valence-electron chi connectivity index (χ2n) is 3.43. The van der Waals surface area contributed by atoms with Crippen molar-refractivity contribution in [3.8, 4) is 0 Å². The first-order valence-corrected chi connectivity index (χ1v) is 6.59. The Hall–Kier alpha value is -2.06. The van der Waals surface area contributed by atoms with E-state index >= 15 is 0 Å². The van der Waals surface area contributed by atoms with E-state index in [9.17, 15) is 13.0 Å². The summed E-state index contributed by atoms with van der Waals surface area (Å²) in [4.78, 5) is 8.13. The zero-order valence-electron chi connectivity index (χ0n) is 9.22. The summed E-state index contributed by atoms with van der Waals surface area (Å²) in [7, 11) is -4.26. The van der Waals surface area contributed by atoms with E-state index in [4.69, 9.17) is 0 Å². The summed E-state index contributed by atoms with van der Waals surface area (Å²) >= 11 is 0. The van der Waals surface area contributed by atoms with Crippen molar-refractivity contribution in [3.63, 3.8) is 0 Å². The highest BCUT2D eigenvalue weighted by Gasteiger charge is 2.09. The molecule has 0 atom stereocenters. The van der Waals surface area contributed by atoms with Gasteiger partial charge in [0.05, 0.1) is 6.20 Å². The van der Waals surface area contributed by atoms with Crippen LogP contribution in [-0.4, -0.2) is 39.6 Å². The van der Waals surface area contributed by atoms with Crippen molar-refractivity contribution in [3.05, 3.63) is 42.8 Å². The molecule has 1 aromatic rings. The minimum Gasteiger partial charge on any atom is -0.748 e. The predicted molar refractivity (Wildman–Crippen MR) is 63.2 cm³/mol. The Morgan fingerprint density at radius 3 is 2.67 bits per heavy atom. The van der Waals surface area contributed by atoms with Crippen LogP contribution in [0.1, 0.15) is 5.82 Å². The minimum absolute atomic E-state index is 0.553. The van der Waals surface area contributed by atoms with Gasteiger partial charge in [0, 0.05) is 24.0 Å². The van der Waals surface area contributed by atoms with Gasteiger partial charge in [-0.25, -0.2) is 18.4 Å². The molecule has 0 unspecified atom stereocenters. The van der Waals surface area contributed by atoms with E-state index in [1.807, 2.05) is 0 Å². The van der Waals surface area contributed by atoms with Crippen molar-refractivity contribution in [2.75, 3.05) is 5.75 Å². The van der Waals surface area contributed by atoms with Crippen LogP contribution in [0.25, 0.3) is 5.57 Å². The number of nitrogens with one attached hydrogen (secondary N) is 1. The molecule has 0 bridgehead atoms. The van der Waals surface area contributed by atoms with Gasteiger partial charge < -0.3 is 4.55 Å². The molecule has 0 spiro atoms. The van der Waals surface area contributed by atoms with E-state index in [-0.39, 0.29) is 0 Å². The number of nitrogens with zero attached hydrogens (tertiary/aromatic N) is 3. The second kappa shape index (κ2) is 5.07. The van der Waals surface area contributed by atoms with Crippen LogP contribution in [0.15, 0.2) is 36.9 Å². The molecule has 0 fully saturated rings. The average molecular weight is 266 g/mol. The molecule has 2 rings (SSSR count). The van der Waals surface area contributed by atoms with Gasteiger partial charge >= 0.3 is 0 Å². The molecule has 1 aliphatic heterocycles. The van der Waals surface area contributed by atoms with Gasteiger partial charge in [-0.1, -0.05) is 4.68 Å². The lowest BCUT2D eigenvalue weighted by Gasteiger charge is -2.06. The summed E-state index contributed by atoms with van der Waals surface area (Å²) in [6, 6.07) is 1.71. The number of hydrogen-bond donors (Lipinski definition) is 1. The maximum absolute atomic E-state index is 10.5. The lowest BCUT2D eigenvalue weighted by molar-refractivity contribution is -0.507.